The number of rotatable bonds is 7. The molecule has 1 atom stereocenters. The van der Waals surface area contributed by atoms with E-state index >= 15 is 0 Å². The molecule has 1 saturated heterocycles. The van der Waals surface area contributed by atoms with Crippen molar-refractivity contribution in [1.82, 2.24) is 4.98 Å². The summed E-state index contributed by atoms with van der Waals surface area (Å²) in [5.74, 6) is 0. The Labute approximate surface area is 182 Å². The van der Waals surface area contributed by atoms with E-state index in [9.17, 15) is 5.26 Å². The lowest BCUT2D eigenvalue weighted by Crippen LogP contribution is -2.49. The van der Waals surface area contributed by atoms with Gasteiger partial charge in [-0.2, -0.15) is 5.26 Å². The van der Waals surface area contributed by atoms with Crippen molar-refractivity contribution in [3.05, 3.63) is 64.8 Å². The Morgan fingerprint density at radius 1 is 1.19 bits per heavy atom. The molecule has 0 saturated carbocycles. The van der Waals surface area contributed by atoms with Gasteiger partial charge in [0.2, 0.25) is 0 Å². The zero-order valence-corrected chi connectivity index (χ0v) is 18.1. The minimum Gasteiger partial charge on any atom is -0.382 e. The second-order valence-electron chi connectivity index (χ2n) is 8.08. The fourth-order valence-electron chi connectivity index (χ4n) is 4.13. The molecule has 1 unspecified atom stereocenters. The molecule has 3 aromatic rings. The molecule has 31 heavy (non-hydrogen) atoms. The van der Waals surface area contributed by atoms with Crippen LogP contribution < -0.4 is 5.73 Å². The summed E-state index contributed by atoms with van der Waals surface area (Å²) in [4.78, 5) is 4.65. The van der Waals surface area contributed by atoms with Crippen LogP contribution in [-0.2, 0) is 19.8 Å². The van der Waals surface area contributed by atoms with Gasteiger partial charge in [0.1, 0.15) is 17.4 Å². The average molecular weight is 418 g/mol. The van der Waals surface area contributed by atoms with Crippen molar-refractivity contribution in [2.24, 2.45) is 5.73 Å². The zero-order chi connectivity index (χ0) is 22.0. The van der Waals surface area contributed by atoms with E-state index < -0.39 is 5.60 Å². The van der Waals surface area contributed by atoms with Crippen LogP contribution in [0.1, 0.15) is 35.3 Å². The topological polar surface area (TPSA) is 90.4 Å². The third-order valence-corrected chi connectivity index (χ3v) is 5.78. The van der Waals surface area contributed by atoms with Gasteiger partial charge in [-0.15, -0.1) is 0 Å². The molecule has 1 aromatic heterocycles. The summed E-state index contributed by atoms with van der Waals surface area (Å²) < 4.78 is 16.6. The molecule has 0 bridgehead atoms. The van der Waals surface area contributed by atoms with Gasteiger partial charge in [0, 0.05) is 24.1 Å². The number of benzene rings is 2. The lowest BCUT2D eigenvalue weighted by Gasteiger charge is -2.41. The van der Waals surface area contributed by atoms with Crippen LogP contribution in [0.4, 0.5) is 0 Å². The van der Waals surface area contributed by atoms with E-state index in [1.807, 2.05) is 56.3 Å². The highest BCUT2D eigenvalue weighted by Gasteiger charge is 2.41. The van der Waals surface area contributed by atoms with Crippen LogP contribution in [0, 0.1) is 18.3 Å². The highest BCUT2D eigenvalue weighted by molar-refractivity contribution is 5.92. The molecule has 2 aromatic carbocycles. The van der Waals surface area contributed by atoms with Crippen molar-refractivity contribution in [3.8, 4) is 17.2 Å². The summed E-state index contributed by atoms with van der Waals surface area (Å²) in [7, 11) is 1.66. The first-order valence-corrected chi connectivity index (χ1v) is 10.4. The first-order valence-electron chi connectivity index (χ1n) is 10.4. The van der Waals surface area contributed by atoms with E-state index in [-0.39, 0.29) is 6.04 Å². The van der Waals surface area contributed by atoms with Crippen LogP contribution in [0.2, 0.25) is 0 Å². The number of nitrogens with two attached hydrogens (primary N) is 1. The normalized spacial score (nSPS) is 16.0. The fourth-order valence-corrected chi connectivity index (χ4v) is 4.13. The molecule has 0 aliphatic carbocycles. The Morgan fingerprint density at radius 3 is 2.52 bits per heavy atom. The quantitative estimate of drug-likeness (QED) is 0.585. The number of ether oxygens (including phenoxy) is 3. The molecule has 1 fully saturated rings. The molecule has 6 nitrogen and oxygen atoms in total. The predicted molar refractivity (Wildman–Crippen MR) is 120 cm³/mol. The summed E-state index contributed by atoms with van der Waals surface area (Å²) in [6.45, 7) is 6.02. The molecule has 0 spiro atoms. The van der Waals surface area contributed by atoms with Gasteiger partial charge in [-0.25, -0.2) is 4.98 Å². The highest BCUT2D eigenvalue weighted by Crippen LogP contribution is 2.38. The van der Waals surface area contributed by atoms with Crippen molar-refractivity contribution >= 4 is 10.9 Å². The molecule has 2 heterocycles. The number of hydrogen-bond acceptors (Lipinski definition) is 6. The van der Waals surface area contributed by atoms with Crippen LogP contribution in [0.25, 0.3) is 22.0 Å². The van der Waals surface area contributed by atoms with Crippen LogP contribution >= 0.6 is 0 Å². The van der Waals surface area contributed by atoms with E-state index in [2.05, 4.69) is 11.1 Å². The number of aromatic nitrogens is 1. The van der Waals surface area contributed by atoms with Crippen molar-refractivity contribution in [2.75, 3.05) is 33.5 Å². The van der Waals surface area contributed by atoms with Gasteiger partial charge in [-0.05, 0) is 42.2 Å². The van der Waals surface area contributed by atoms with Gasteiger partial charge in [0.15, 0.2) is 0 Å². The number of nitriles is 1. The Kier molecular flexibility index (Phi) is 6.03. The zero-order valence-electron chi connectivity index (χ0n) is 18.1. The Bertz CT molecular complexity index is 1130. The average Bonchev–Trinajstić information content (AvgIpc) is 2.74. The molecule has 2 N–H and O–H groups in total. The lowest BCUT2D eigenvalue weighted by molar-refractivity contribution is -0.220. The number of aryl methyl sites for hydroxylation is 1. The van der Waals surface area contributed by atoms with Crippen LogP contribution in [-0.4, -0.2) is 38.5 Å². The fraction of sp³-hybridized carbons (Fsp3) is 0.360. The van der Waals surface area contributed by atoms with E-state index in [1.54, 1.807) is 7.11 Å². The molecule has 1 aliphatic heterocycles. The maximum absolute atomic E-state index is 9.86. The summed E-state index contributed by atoms with van der Waals surface area (Å²) in [6.07, 6.45) is 0. The number of pyridine rings is 1. The first-order chi connectivity index (χ1) is 15.0. The number of methoxy groups -OCH3 is 1. The Balaban J connectivity index is 1.79. The second kappa shape index (κ2) is 8.74. The lowest BCUT2D eigenvalue weighted by atomic mass is 9.87. The van der Waals surface area contributed by atoms with Gasteiger partial charge in [-0.1, -0.05) is 36.4 Å². The minimum absolute atomic E-state index is 0.251. The van der Waals surface area contributed by atoms with Crippen molar-refractivity contribution < 1.29 is 14.2 Å². The molecule has 0 radical (unpaired) electrons. The summed E-state index contributed by atoms with van der Waals surface area (Å²) in [5.41, 5.74) is 11.9. The SMILES string of the molecule is COCCOC1(c2ccc(-c3c(C#N)nc4cc(C)ccc4c3C(C)N)cc2)COC1. The van der Waals surface area contributed by atoms with E-state index in [0.29, 0.717) is 32.1 Å². The number of fused-ring (bicyclic) bond motifs is 1. The van der Waals surface area contributed by atoms with Crippen molar-refractivity contribution in [3.63, 3.8) is 0 Å². The summed E-state index contributed by atoms with van der Waals surface area (Å²) in [5, 5.41) is 10.8. The van der Waals surface area contributed by atoms with Crippen LogP contribution in [0.3, 0.4) is 0 Å². The van der Waals surface area contributed by atoms with E-state index in [0.717, 1.165) is 38.7 Å². The predicted octanol–water partition coefficient (Wildman–Crippen LogP) is 3.99. The largest absolute Gasteiger partial charge is 0.382 e. The minimum atomic E-state index is -0.446. The molecular formula is C25H27N3O3. The number of hydrogen-bond donors (Lipinski definition) is 1. The maximum atomic E-state index is 9.86. The van der Waals surface area contributed by atoms with Crippen LogP contribution in [0.15, 0.2) is 42.5 Å². The van der Waals surface area contributed by atoms with Crippen molar-refractivity contribution in [1.29, 1.82) is 5.26 Å². The van der Waals surface area contributed by atoms with Gasteiger partial charge in [0.05, 0.1) is 31.9 Å². The molecule has 6 heteroatoms. The third kappa shape index (κ3) is 3.93. The third-order valence-electron chi connectivity index (χ3n) is 5.78. The standard InChI is InChI=1S/C25H27N3O3/c1-16-4-9-20-21(12-16)28-22(13-26)24(23(20)17(2)27)18-5-7-19(8-6-18)25(14-30-15-25)31-11-10-29-3/h4-9,12,17H,10-11,14-15,27H2,1-3H3. The molecule has 160 valence electrons. The van der Waals surface area contributed by atoms with Gasteiger partial charge in [0.25, 0.3) is 0 Å². The number of nitrogens with zero attached hydrogens (tertiary/aromatic N) is 2. The molecular weight excluding hydrogens is 390 g/mol. The first kappa shape index (κ1) is 21.4. The highest BCUT2D eigenvalue weighted by atomic mass is 16.6. The Hall–Kier alpha value is -2.82. The van der Waals surface area contributed by atoms with Gasteiger partial charge < -0.3 is 19.9 Å². The Morgan fingerprint density at radius 2 is 1.94 bits per heavy atom. The maximum Gasteiger partial charge on any atom is 0.149 e. The van der Waals surface area contributed by atoms with Gasteiger partial charge in [-0.3, -0.25) is 0 Å². The van der Waals surface area contributed by atoms with Crippen LogP contribution in [0.5, 0.6) is 0 Å². The summed E-state index contributed by atoms with van der Waals surface area (Å²) in [6, 6.07) is 16.2. The summed E-state index contributed by atoms with van der Waals surface area (Å²) >= 11 is 0. The van der Waals surface area contributed by atoms with Crippen molar-refractivity contribution in [2.45, 2.75) is 25.5 Å². The monoisotopic (exact) mass is 417 g/mol. The van der Waals surface area contributed by atoms with Gasteiger partial charge >= 0.3 is 0 Å². The van der Waals surface area contributed by atoms with E-state index in [1.165, 1.54) is 0 Å². The second-order valence-corrected chi connectivity index (χ2v) is 8.08. The van der Waals surface area contributed by atoms with E-state index in [4.69, 9.17) is 19.9 Å². The smallest absolute Gasteiger partial charge is 0.149 e. The molecule has 4 rings (SSSR count). The molecule has 0 amide bonds. The molecule has 1 aliphatic rings.